The van der Waals surface area contributed by atoms with Crippen LogP contribution in [0.25, 0.3) is 0 Å². The molecule has 7 heteroatoms. The van der Waals surface area contributed by atoms with E-state index in [-0.39, 0.29) is 23.4 Å². The summed E-state index contributed by atoms with van der Waals surface area (Å²) in [5.41, 5.74) is 4.57. The molecule has 6 nitrogen and oxygen atoms in total. The molecular formula is C27H35FN4O2. The minimum atomic E-state index is -0.245. The number of carbonyl (C=O) groups excluding carboxylic acids is 1. The molecule has 1 amide bonds. The summed E-state index contributed by atoms with van der Waals surface area (Å²) in [5, 5.41) is 10.6. The van der Waals surface area contributed by atoms with Crippen LogP contribution in [0.5, 0.6) is 0 Å². The summed E-state index contributed by atoms with van der Waals surface area (Å²) in [7, 11) is 7.26. The lowest BCUT2D eigenvalue weighted by Gasteiger charge is -2.21. The number of hydrogen-bond donors (Lipinski definition) is 1. The molecule has 0 spiro atoms. The van der Waals surface area contributed by atoms with Crippen LogP contribution in [0.3, 0.4) is 0 Å². The van der Waals surface area contributed by atoms with Crippen LogP contribution in [0.15, 0.2) is 80.8 Å². The number of aliphatic hydroxyl groups excluding tert-OH is 1. The maximum atomic E-state index is 13.1. The second-order valence-corrected chi connectivity index (χ2v) is 8.62. The smallest absolute Gasteiger partial charge is 0.258 e. The molecule has 0 radical (unpaired) electrons. The molecule has 1 N–H and O–H groups in total. The highest BCUT2D eigenvalue weighted by Gasteiger charge is 2.38. The first-order valence-corrected chi connectivity index (χ1v) is 11.2. The lowest BCUT2D eigenvalue weighted by Crippen LogP contribution is -2.22. The summed E-state index contributed by atoms with van der Waals surface area (Å²) in [5.74, 6) is -0.295. The van der Waals surface area contributed by atoms with E-state index >= 15 is 0 Å². The van der Waals surface area contributed by atoms with E-state index in [1.54, 1.807) is 43.5 Å². The van der Waals surface area contributed by atoms with Crippen molar-refractivity contribution >= 4 is 17.8 Å². The van der Waals surface area contributed by atoms with E-state index in [4.69, 9.17) is 0 Å². The summed E-state index contributed by atoms with van der Waals surface area (Å²) in [6, 6.07) is 6.49. The van der Waals surface area contributed by atoms with E-state index in [1.807, 2.05) is 39.0 Å². The van der Waals surface area contributed by atoms with Gasteiger partial charge in [-0.3, -0.25) is 14.8 Å². The van der Waals surface area contributed by atoms with Gasteiger partial charge in [-0.05, 0) is 55.0 Å². The molecule has 2 aliphatic rings. The van der Waals surface area contributed by atoms with Gasteiger partial charge in [-0.2, -0.15) is 0 Å². The van der Waals surface area contributed by atoms with Crippen molar-refractivity contribution in [2.75, 3.05) is 34.7 Å². The Morgan fingerprint density at radius 2 is 1.91 bits per heavy atom. The van der Waals surface area contributed by atoms with E-state index in [2.05, 4.69) is 23.0 Å². The van der Waals surface area contributed by atoms with Gasteiger partial charge in [0, 0.05) is 58.9 Å². The van der Waals surface area contributed by atoms with E-state index < -0.39 is 0 Å². The molecule has 0 bridgehead atoms. The van der Waals surface area contributed by atoms with Crippen LogP contribution < -0.4 is 0 Å². The Balaban J connectivity index is 0.000000440. The second-order valence-electron chi connectivity index (χ2n) is 8.62. The molecule has 1 unspecified atom stereocenters. The fraction of sp³-hybridized carbons (Fsp3) is 0.370. The number of rotatable bonds is 5. The first-order chi connectivity index (χ1) is 16.1. The SMILES string of the molecule is CC=N/C=C\N(C)C.CN=C1C(O)=C2C(=O)N(C)CC2=C(C)/C1=C/C(C)Cc1ccc(F)cc1. The van der Waals surface area contributed by atoms with Crippen molar-refractivity contribution in [1.29, 1.82) is 0 Å². The average molecular weight is 467 g/mol. The Kier molecular flexibility index (Phi) is 9.54. The topological polar surface area (TPSA) is 68.5 Å². The van der Waals surface area contributed by atoms with Crippen LogP contribution in [-0.4, -0.2) is 67.5 Å². The molecule has 1 saturated heterocycles. The quantitative estimate of drug-likeness (QED) is 0.638. The van der Waals surface area contributed by atoms with Gasteiger partial charge in [0.05, 0.1) is 5.57 Å². The molecule has 0 saturated carbocycles. The van der Waals surface area contributed by atoms with E-state index in [0.717, 1.165) is 28.7 Å². The number of carbonyl (C=O) groups is 1. The normalized spacial score (nSPS) is 19.4. The predicted molar refractivity (Wildman–Crippen MR) is 138 cm³/mol. The van der Waals surface area contributed by atoms with E-state index in [9.17, 15) is 14.3 Å². The molecule has 1 aromatic rings. The van der Waals surface area contributed by atoms with Gasteiger partial charge in [0.15, 0.2) is 5.76 Å². The Hall–Kier alpha value is -3.48. The summed E-state index contributed by atoms with van der Waals surface area (Å²) >= 11 is 0. The van der Waals surface area contributed by atoms with Crippen LogP contribution in [0.1, 0.15) is 26.3 Å². The zero-order valence-corrected chi connectivity index (χ0v) is 21.1. The first kappa shape index (κ1) is 26.8. The lowest BCUT2D eigenvalue weighted by atomic mass is 9.84. The van der Waals surface area contributed by atoms with Crippen LogP contribution in [0.4, 0.5) is 4.39 Å². The number of aliphatic imine (C=N–C) groups is 2. The minimum absolute atomic E-state index is 0.0392. The molecule has 182 valence electrons. The van der Waals surface area contributed by atoms with Crippen molar-refractivity contribution in [2.45, 2.75) is 27.2 Å². The fourth-order valence-corrected chi connectivity index (χ4v) is 3.87. The van der Waals surface area contributed by atoms with Gasteiger partial charge in [-0.1, -0.05) is 25.1 Å². The summed E-state index contributed by atoms with van der Waals surface area (Å²) in [4.78, 5) is 24.0. The van der Waals surface area contributed by atoms with Crippen LogP contribution >= 0.6 is 0 Å². The third-order valence-corrected chi connectivity index (χ3v) is 5.58. The van der Waals surface area contributed by atoms with Gasteiger partial charge in [0.25, 0.3) is 5.91 Å². The number of halogens is 1. The summed E-state index contributed by atoms with van der Waals surface area (Å²) in [6.45, 7) is 6.42. The zero-order chi connectivity index (χ0) is 25.4. The number of likely N-dealkylation sites (tertiary alicyclic amines) is 1. The Bertz CT molecular complexity index is 1080. The molecule has 1 aromatic carbocycles. The fourth-order valence-electron chi connectivity index (χ4n) is 3.87. The Morgan fingerprint density at radius 1 is 1.26 bits per heavy atom. The maximum Gasteiger partial charge on any atom is 0.258 e. The minimum Gasteiger partial charge on any atom is -0.505 e. The number of aliphatic hydroxyl groups is 1. The van der Waals surface area contributed by atoms with Crippen molar-refractivity contribution in [3.8, 4) is 0 Å². The van der Waals surface area contributed by atoms with Crippen molar-refractivity contribution in [3.63, 3.8) is 0 Å². The molecular weight excluding hydrogens is 431 g/mol. The third kappa shape index (κ3) is 6.53. The highest BCUT2D eigenvalue weighted by atomic mass is 19.1. The first-order valence-electron chi connectivity index (χ1n) is 11.2. The van der Waals surface area contributed by atoms with Crippen molar-refractivity contribution in [3.05, 3.63) is 82.2 Å². The van der Waals surface area contributed by atoms with Gasteiger partial charge in [-0.15, -0.1) is 0 Å². The molecule has 1 atom stereocenters. The number of hydrogen-bond acceptors (Lipinski definition) is 5. The third-order valence-electron chi connectivity index (χ3n) is 5.58. The van der Waals surface area contributed by atoms with Crippen LogP contribution in [0, 0.1) is 11.7 Å². The second kappa shape index (κ2) is 12.1. The Labute approximate surface area is 202 Å². The molecule has 1 aliphatic carbocycles. The van der Waals surface area contributed by atoms with E-state index in [0.29, 0.717) is 17.8 Å². The van der Waals surface area contributed by atoms with Gasteiger partial charge in [0.2, 0.25) is 0 Å². The molecule has 3 rings (SSSR count). The van der Waals surface area contributed by atoms with Crippen LogP contribution in [-0.2, 0) is 11.2 Å². The Morgan fingerprint density at radius 3 is 2.47 bits per heavy atom. The van der Waals surface area contributed by atoms with E-state index in [1.165, 1.54) is 12.1 Å². The number of fused-ring (bicyclic) bond motifs is 1. The van der Waals surface area contributed by atoms with Gasteiger partial charge >= 0.3 is 0 Å². The molecule has 1 fully saturated rings. The molecule has 1 heterocycles. The van der Waals surface area contributed by atoms with Crippen molar-refractivity contribution in [2.24, 2.45) is 15.9 Å². The maximum absolute atomic E-state index is 13.1. The van der Waals surface area contributed by atoms with Gasteiger partial charge in [0.1, 0.15) is 11.5 Å². The summed E-state index contributed by atoms with van der Waals surface area (Å²) < 4.78 is 13.1. The number of allylic oxidation sites excluding steroid dienone is 3. The van der Waals surface area contributed by atoms with Gasteiger partial charge in [-0.25, -0.2) is 4.39 Å². The van der Waals surface area contributed by atoms with Crippen molar-refractivity contribution < 1.29 is 14.3 Å². The number of nitrogens with zero attached hydrogens (tertiary/aromatic N) is 4. The predicted octanol–water partition coefficient (Wildman–Crippen LogP) is 4.73. The molecule has 34 heavy (non-hydrogen) atoms. The monoisotopic (exact) mass is 466 g/mol. The van der Waals surface area contributed by atoms with Crippen LogP contribution in [0.2, 0.25) is 0 Å². The summed E-state index contributed by atoms with van der Waals surface area (Å²) in [6.07, 6.45) is 8.21. The number of benzene rings is 1. The highest BCUT2D eigenvalue weighted by molar-refractivity contribution is 6.21. The van der Waals surface area contributed by atoms with Crippen molar-refractivity contribution in [1.82, 2.24) is 9.80 Å². The van der Waals surface area contributed by atoms with Gasteiger partial charge < -0.3 is 14.9 Å². The highest BCUT2D eigenvalue weighted by Crippen LogP contribution is 2.37. The molecule has 0 aromatic heterocycles. The molecule has 1 aliphatic heterocycles. The number of likely N-dealkylation sites (N-methyl/N-ethyl adjacent to an activating group) is 1. The largest absolute Gasteiger partial charge is 0.505 e. The average Bonchev–Trinajstić information content (AvgIpc) is 3.09. The lowest BCUT2D eigenvalue weighted by molar-refractivity contribution is -0.123. The zero-order valence-electron chi connectivity index (χ0n) is 21.1. The standard InChI is InChI=1S/C21H23FN2O2.C6H12N2/c1-12(9-14-5-7-15(22)8-6-14)10-16-13(2)17-11-24(4)21(26)18(17)20(25)19(16)23-3;1-4-7-5-6-8(2)3/h5-8,10,12,25H,9,11H2,1-4H3;4-6H,1-3H3/b16-10-,23-19?;6-5-,7-4?. The number of amides is 1.